The highest BCUT2D eigenvalue weighted by molar-refractivity contribution is 7.98. The van der Waals surface area contributed by atoms with E-state index < -0.39 is 47.9 Å². The van der Waals surface area contributed by atoms with Crippen molar-refractivity contribution in [2.24, 2.45) is 11.5 Å². The molecule has 0 radical (unpaired) electrons. The number of nitrogens with zero attached hydrogens (tertiary/aromatic N) is 1. The van der Waals surface area contributed by atoms with E-state index in [4.69, 9.17) is 11.5 Å². The number of carbonyl (C=O) groups is 4. The van der Waals surface area contributed by atoms with Crippen molar-refractivity contribution < 1.29 is 29.4 Å². The van der Waals surface area contributed by atoms with Gasteiger partial charge in [-0.2, -0.15) is 11.8 Å². The summed E-state index contributed by atoms with van der Waals surface area (Å²) in [7, 11) is 0. The molecular weight excluding hydrogens is 498 g/mol. The molecule has 1 aromatic carbocycles. The van der Waals surface area contributed by atoms with Gasteiger partial charge in [-0.25, -0.2) is 4.79 Å². The molecule has 0 bridgehead atoms. The van der Waals surface area contributed by atoms with Crippen LogP contribution in [-0.4, -0.2) is 88.1 Å². The maximum atomic E-state index is 13.5. The lowest BCUT2D eigenvalue weighted by atomic mass is 10.0. The normalized spacial score (nSPS) is 17.6. The van der Waals surface area contributed by atoms with Gasteiger partial charge in [0.15, 0.2) is 0 Å². The van der Waals surface area contributed by atoms with Crippen LogP contribution in [0.2, 0.25) is 0 Å². The second kappa shape index (κ2) is 15.4. The van der Waals surface area contributed by atoms with Crippen LogP contribution >= 0.6 is 11.8 Å². The van der Waals surface area contributed by atoms with Gasteiger partial charge in [-0.1, -0.05) is 18.6 Å². The summed E-state index contributed by atoms with van der Waals surface area (Å²) in [5.74, 6) is -1.94. The number of carboxylic acid groups (broad SMARTS) is 1. The molecule has 1 fully saturated rings. The third-order valence-corrected chi connectivity index (χ3v) is 7.01. The maximum absolute atomic E-state index is 13.5. The molecule has 1 saturated heterocycles. The Kier molecular flexibility index (Phi) is 12.7. The quantitative estimate of drug-likeness (QED) is 0.170. The molecule has 2 rings (SSSR count). The predicted octanol–water partition coefficient (Wildman–Crippen LogP) is 0.189. The molecule has 206 valence electrons. The molecule has 0 aromatic heterocycles. The third-order valence-electron chi connectivity index (χ3n) is 6.36. The minimum atomic E-state index is -1.09. The fourth-order valence-electron chi connectivity index (χ4n) is 4.25. The Morgan fingerprint density at radius 3 is 2.38 bits per heavy atom. The molecule has 1 aromatic rings. The highest BCUT2D eigenvalue weighted by Gasteiger charge is 2.38. The number of phenols is 1. The molecule has 1 heterocycles. The van der Waals surface area contributed by atoms with Crippen molar-refractivity contribution in [2.75, 3.05) is 25.1 Å². The van der Waals surface area contributed by atoms with Gasteiger partial charge < -0.3 is 37.2 Å². The fraction of sp³-hybridized carbons (Fsp3) is 0.600. The van der Waals surface area contributed by atoms with E-state index in [-0.39, 0.29) is 18.7 Å². The van der Waals surface area contributed by atoms with Gasteiger partial charge in [0.1, 0.15) is 23.9 Å². The Morgan fingerprint density at radius 1 is 1.08 bits per heavy atom. The number of thioether (sulfide) groups is 1. The van der Waals surface area contributed by atoms with Crippen LogP contribution in [0, 0.1) is 0 Å². The van der Waals surface area contributed by atoms with Crippen molar-refractivity contribution >= 4 is 35.5 Å². The monoisotopic (exact) mass is 537 g/mol. The van der Waals surface area contributed by atoms with Crippen LogP contribution in [-0.2, 0) is 25.6 Å². The number of hydrogen-bond acceptors (Lipinski definition) is 8. The Labute approximate surface area is 221 Å². The van der Waals surface area contributed by atoms with Gasteiger partial charge in [0.05, 0.1) is 6.04 Å². The molecule has 0 aliphatic carbocycles. The largest absolute Gasteiger partial charge is 0.508 e. The van der Waals surface area contributed by atoms with E-state index in [1.165, 1.54) is 28.8 Å². The van der Waals surface area contributed by atoms with Crippen molar-refractivity contribution in [2.45, 2.75) is 69.1 Å². The first-order chi connectivity index (χ1) is 17.7. The molecule has 0 spiro atoms. The first kappa shape index (κ1) is 30.4. The van der Waals surface area contributed by atoms with Crippen LogP contribution < -0.4 is 22.1 Å². The third kappa shape index (κ3) is 9.52. The van der Waals surface area contributed by atoms with Crippen molar-refractivity contribution in [3.05, 3.63) is 29.8 Å². The number of carbonyl (C=O) groups excluding carboxylic acids is 3. The van der Waals surface area contributed by atoms with E-state index in [0.717, 1.165) is 6.42 Å². The molecular formula is C25H39N5O6S. The van der Waals surface area contributed by atoms with Gasteiger partial charge >= 0.3 is 5.97 Å². The SMILES string of the molecule is CSCCC(NC(=O)C(N)CCCCN)C(=O)NC(Cc1ccc(O)cc1)C(=O)N1CCCC1C(=O)O. The average Bonchev–Trinajstić information content (AvgIpc) is 3.37. The molecule has 4 atom stereocenters. The van der Waals surface area contributed by atoms with Crippen LogP contribution in [0.4, 0.5) is 0 Å². The minimum Gasteiger partial charge on any atom is -0.508 e. The van der Waals surface area contributed by atoms with E-state index in [9.17, 15) is 29.4 Å². The van der Waals surface area contributed by atoms with Gasteiger partial charge in [-0.15, -0.1) is 0 Å². The maximum Gasteiger partial charge on any atom is 0.326 e. The van der Waals surface area contributed by atoms with E-state index in [1.807, 2.05) is 6.26 Å². The van der Waals surface area contributed by atoms with E-state index in [1.54, 1.807) is 12.1 Å². The number of phenolic OH excluding ortho intramolecular Hbond substituents is 1. The molecule has 3 amide bonds. The highest BCUT2D eigenvalue weighted by Crippen LogP contribution is 2.20. The topological polar surface area (TPSA) is 188 Å². The van der Waals surface area contributed by atoms with Gasteiger partial charge in [-0.05, 0) is 68.4 Å². The number of likely N-dealkylation sites (tertiary alicyclic amines) is 1. The van der Waals surface area contributed by atoms with Crippen LogP contribution in [0.5, 0.6) is 5.75 Å². The lowest BCUT2D eigenvalue weighted by Crippen LogP contribution is -2.57. The fourth-order valence-corrected chi connectivity index (χ4v) is 4.72. The van der Waals surface area contributed by atoms with E-state index in [2.05, 4.69) is 10.6 Å². The summed E-state index contributed by atoms with van der Waals surface area (Å²) in [5.41, 5.74) is 12.2. The molecule has 1 aliphatic rings. The van der Waals surface area contributed by atoms with Gasteiger partial charge in [0, 0.05) is 13.0 Å². The number of nitrogens with one attached hydrogen (secondary N) is 2. The number of rotatable bonds is 15. The van der Waals surface area contributed by atoms with Crippen molar-refractivity contribution in [3.63, 3.8) is 0 Å². The lowest BCUT2D eigenvalue weighted by Gasteiger charge is -2.29. The molecule has 1 aliphatic heterocycles. The summed E-state index contributed by atoms with van der Waals surface area (Å²) in [4.78, 5) is 52.4. The van der Waals surface area contributed by atoms with Crippen LogP contribution in [0.25, 0.3) is 0 Å². The Balaban J connectivity index is 2.20. The number of carboxylic acids is 1. The lowest BCUT2D eigenvalue weighted by molar-refractivity contribution is -0.149. The number of hydrogen-bond donors (Lipinski definition) is 6. The summed E-state index contributed by atoms with van der Waals surface area (Å²) in [6.45, 7) is 0.783. The summed E-state index contributed by atoms with van der Waals surface area (Å²) in [6.07, 6.45) is 5.07. The van der Waals surface area contributed by atoms with Crippen molar-refractivity contribution in [3.8, 4) is 5.75 Å². The molecule has 8 N–H and O–H groups in total. The van der Waals surface area contributed by atoms with E-state index in [0.29, 0.717) is 50.0 Å². The molecule has 37 heavy (non-hydrogen) atoms. The highest BCUT2D eigenvalue weighted by atomic mass is 32.2. The van der Waals surface area contributed by atoms with Crippen molar-refractivity contribution in [1.29, 1.82) is 0 Å². The summed E-state index contributed by atoms with van der Waals surface area (Å²) in [6, 6.07) is 2.51. The number of nitrogens with two attached hydrogens (primary N) is 2. The Morgan fingerprint density at radius 2 is 1.76 bits per heavy atom. The first-order valence-electron chi connectivity index (χ1n) is 12.5. The van der Waals surface area contributed by atoms with Gasteiger partial charge in [0.2, 0.25) is 17.7 Å². The summed E-state index contributed by atoms with van der Waals surface area (Å²) in [5, 5.41) is 24.6. The van der Waals surface area contributed by atoms with Crippen molar-refractivity contribution in [1.82, 2.24) is 15.5 Å². The standard InChI is InChI=1S/C25H39N5O6S/c1-37-14-11-19(28-22(32)18(27)5-2-3-12-26)23(33)29-20(15-16-7-9-17(31)10-8-16)24(34)30-13-4-6-21(30)25(35)36/h7-10,18-21,31H,2-6,11-15,26-27H2,1H3,(H,28,32)(H,29,33)(H,35,36). The molecule has 12 heteroatoms. The molecule has 11 nitrogen and oxygen atoms in total. The Hall–Kier alpha value is -2.83. The first-order valence-corrected chi connectivity index (χ1v) is 13.9. The number of unbranched alkanes of at least 4 members (excludes halogenated alkanes) is 1. The van der Waals surface area contributed by atoms with E-state index >= 15 is 0 Å². The zero-order valence-electron chi connectivity index (χ0n) is 21.2. The summed E-state index contributed by atoms with van der Waals surface area (Å²) < 4.78 is 0. The smallest absolute Gasteiger partial charge is 0.326 e. The van der Waals surface area contributed by atoms with Crippen LogP contribution in [0.1, 0.15) is 44.1 Å². The number of benzene rings is 1. The average molecular weight is 538 g/mol. The number of aliphatic carboxylic acids is 1. The number of aromatic hydroxyl groups is 1. The second-order valence-corrected chi connectivity index (χ2v) is 10.2. The van der Waals surface area contributed by atoms with Gasteiger partial charge in [0.25, 0.3) is 0 Å². The number of amides is 3. The van der Waals surface area contributed by atoms with Crippen LogP contribution in [0.3, 0.4) is 0 Å². The zero-order valence-corrected chi connectivity index (χ0v) is 22.0. The summed E-state index contributed by atoms with van der Waals surface area (Å²) >= 11 is 1.51. The Bertz CT molecular complexity index is 915. The minimum absolute atomic E-state index is 0.0591. The molecule has 4 unspecified atom stereocenters. The second-order valence-electron chi connectivity index (χ2n) is 9.19. The molecule has 0 saturated carbocycles. The predicted molar refractivity (Wildman–Crippen MR) is 142 cm³/mol. The van der Waals surface area contributed by atoms with Crippen LogP contribution in [0.15, 0.2) is 24.3 Å². The zero-order chi connectivity index (χ0) is 27.4. The van der Waals surface area contributed by atoms with Gasteiger partial charge in [-0.3, -0.25) is 14.4 Å².